The monoisotopic (exact) mass is 264 g/mol. The minimum Gasteiger partial charge on any atom is -0.455 e. The number of ether oxygens (including phenoxy) is 1. The van der Waals surface area contributed by atoms with E-state index in [2.05, 4.69) is 18.0 Å². The van der Waals surface area contributed by atoms with Crippen molar-refractivity contribution < 1.29 is 4.74 Å². The predicted octanol–water partition coefficient (Wildman–Crippen LogP) is 4.17. The molecule has 0 saturated carbocycles. The van der Waals surface area contributed by atoms with E-state index in [-0.39, 0.29) is 0 Å². The summed E-state index contributed by atoms with van der Waals surface area (Å²) in [4.78, 5) is 4.28. The van der Waals surface area contributed by atoms with Crippen LogP contribution in [-0.4, -0.2) is 4.98 Å². The van der Waals surface area contributed by atoms with Crippen LogP contribution in [0.4, 0.5) is 5.69 Å². The molecule has 2 aromatic carbocycles. The van der Waals surface area contributed by atoms with Crippen LogP contribution < -0.4 is 10.5 Å². The Bertz CT molecular complexity index is 753. The molecule has 0 saturated heterocycles. The van der Waals surface area contributed by atoms with Gasteiger partial charge in [0.15, 0.2) is 5.75 Å². The third-order valence-corrected chi connectivity index (χ3v) is 3.32. The van der Waals surface area contributed by atoms with E-state index in [1.54, 1.807) is 6.20 Å². The van der Waals surface area contributed by atoms with Crippen molar-refractivity contribution in [1.29, 1.82) is 0 Å². The molecule has 20 heavy (non-hydrogen) atoms. The first-order chi connectivity index (χ1) is 9.78. The Kier molecular flexibility index (Phi) is 3.25. The van der Waals surface area contributed by atoms with Crippen LogP contribution in [0.5, 0.6) is 11.5 Å². The van der Waals surface area contributed by atoms with Gasteiger partial charge in [0.1, 0.15) is 5.75 Å². The van der Waals surface area contributed by atoms with Gasteiger partial charge in [0.2, 0.25) is 0 Å². The lowest BCUT2D eigenvalue weighted by Gasteiger charge is -2.11. The Labute approximate surface area is 118 Å². The molecule has 0 aliphatic heterocycles. The van der Waals surface area contributed by atoms with Crippen LogP contribution in [0.1, 0.15) is 12.5 Å². The summed E-state index contributed by atoms with van der Waals surface area (Å²) in [6, 6.07) is 15.7. The topological polar surface area (TPSA) is 48.1 Å². The summed E-state index contributed by atoms with van der Waals surface area (Å²) in [6.45, 7) is 2.12. The lowest BCUT2D eigenvalue weighted by atomic mass is 10.1. The molecule has 0 bridgehead atoms. The van der Waals surface area contributed by atoms with Crippen LogP contribution in [0.15, 0.2) is 54.7 Å². The average molecular weight is 264 g/mol. The molecule has 1 heterocycles. The molecule has 0 spiro atoms. The van der Waals surface area contributed by atoms with Gasteiger partial charge in [-0.25, -0.2) is 0 Å². The van der Waals surface area contributed by atoms with Gasteiger partial charge in [-0.3, -0.25) is 4.98 Å². The predicted molar refractivity (Wildman–Crippen MR) is 82.0 cm³/mol. The highest BCUT2D eigenvalue weighted by Crippen LogP contribution is 2.33. The summed E-state index contributed by atoms with van der Waals surface area (Å²) < 4.78 is 5.91. The van der Waals surface area contributed by atoms with E-state index in [4.69, 9.17) is 10.5 Å². The second kappa shape index (κ2) is 5.21. The van der Waals surface area contributed by atoms with Crippen molar-refractivity contribution in [2.75, 3.05) is 5.73 Å². The minimum atomic E-state index is 0.623. The van der Waals surface area contributed by atoms with Crippen LogP contribution in [0, 0.1) is 0 Å². The number of aromatic nitrogens is 1. The lowest BCUT2D eigenvalue weighted by molar-refractivity contribution is 0.485. The number of nitrogens with two attached hydrogens (primary N) is 1. The third-order valence-electron chi connectivity index (χ3n) is 3.32. The van der Waals surface area contributed by atoms with Crippen LogP contribution in [-0.2, 0) is 6.42 Å². The van der Waals surface area contributed by atoms with E-state index in [0.29, 0.717) is 11.4 Å². The molecule has 0 aliphatic rings. The van der Waals surface area contributed by atoms with Gasteiger partial charge < -0.3 is 10.5 Å². The molecule has 0 amide bonds. The Hall–Kier alpha value is -2.55. The van der Waals surface area contributed by atoms with Crippen molar-refractivity contribution in [3.8, 4) is 11.5 Å². The lowest BCUT2D eigenvalue weighted by Crippen LogP contribution is -1.94. The molecule has 0 radical (unpaired) electrons. The molecule has 1 aromatic heterocycles. The van der Waals surface area contributed by atoms with Gasteiger partial charge >= 0.3 is 0 Å². The number of aryl methyl sites for hydroxylation is 1. The van der Waals surface area contributed by atoms with Crippen molar-refractivity contribution in [3.63, 3.8) is 0 Å². The van der Waals surface area contributed by atoms with Crippen LogP contribution in [0.25, 0.3) is 10.9 Å². The molecule has 0 aliphatic carbocycles. The number of benzene rings is 2. The molecule has 3 rings (SSSR count). The first-order valence-corrected chi connectivity index (χ1v) is 6.68. The van der Waals surface area contributed by atoms with Crippen molar-refractivity contribution >= 4 is 16.6 Å². The zero-order valence-electron chi connectivity index (χ0n) is 11.3. The smallest absolute Gasteiger partial charge is 0.151 e. The van der Waals surface area contributed by atoms with Gasteiger partial charge in [-0.15, -0.1) is 0 Å². The van der Waals surface area contributed by atoms with Crippen LogP contribution in [0.2, 0.25) is 0 Å². The number of rotatable bonds is 3. The first kappa shape index (κ1) is 12.5. The Morgan fingerprint density at radius 3 is 2.85 bits per heavy atom. The maximum atomic E-state index is 6.17. The molecule has 0 fully saturated rings. The van der Waals surface area contributed by atoms with Crippen molar-refractivity contribution in [2.24, 2.45) is 0 Å². The second-order valence-electron chi connectivity index (χ2n) is 4.65. The summed E-state index contributed by atoms with van der Waals surface area (Å²) >= 11 is 0. The number of nitrogens with zero attached hydrogens (tertiary/aromatic N) is 1. The number of hydrogen-bond donors (Lipinski definition) is 1. The Balaban J connectivity index is 2.00. The minimum absolute atomic E-state index is 0.623. The molecule has 3 heteroatoms. The number of nitrogen functional groups attached to an aromatic ring is 1. The molecule has 3 aromatic rings. The van der Waals surface area contributed by atoms with Gasteiger partial charge in [-0.05, 0) is 48.4 Å². The van der Waals surface area contributed by atoms with Gasteiger partial charge in [0, 0.05) is 11.6 Å². The molecule has 0 unspecified atom stereocenters. The number of hydrogen-bond acceptors (Lipinski definition) is 3. The van der Waals surface area contributed by atoms with E-state index in [9.17, 15) is 0 Å². The fraction of sp³-hybridized carbons (Fsp3) is 0.118. The van der Waals surface area contributed by atoms with E-state index in [1.165, 1.54) is 5.56 Å². The third kappa shape index (κ3) is 2.30. The highest BCUT2D eigenvalue weighted by molar-refractivity contribution is 5.93. The fourth-order valence-corrected chi connectivity index (χ4v) is 2.20. The summed E-state index contributed by atoms with van der Waals surface area (Å²) in [5, 5.41) is 0.914. The molecule has 100 valence electrons. The standard InChI is InChI=1S/C17H16N2O/c1-2-12-5-3-6-13(11-12)20-16-9-8-15-14(17(16)18)7-4-10-19-15/h3-11H,2,18H2,1H3. The highest BCUT2D eigenvalue weighted by atomic mass is 16.5. The van der Waals surface area contributed by atoms with Crippen LogP contribution >= 0.6 is 0 Å². The normalized spacial score (nSPS) is 10.7. The maximum absolute atomic E-state index is 6.17. The zero-order valence-corrected chi connectivity index (χ0v) is 11.3. The first-order valence-electron chi connectivity index (χ1n) is 6.68. The Morgan fingerprint density at radius 2 is 2.00 bits per heavy atom. The van der Waals surface area contributed by atoms with Gasteiger partial charge in [0.05, 0.1) is 11.2 Å². The quantitative estimate of drug-likeness (QED) is 0.722. The van der Waals surface area contributed by atoms with Crippen molar-refractivity contribution in [1.82, 2.24) is 4.98 Å². The molecule has 3 nitrogen and oxygen atoms in total. The number of anilines is 1. The van der Waals surface area contributed by atoms with E-state index in [1.807, 2.05) is 42.5 Å². The summed E-state index contributed by atoms with van der Waals surface area (Å²) in [6.07, 6.45) is 2.74. The molecular formula is C17H16N2O. The summed E-state index contributed by atoms with van der Waals surface area (Å²) in [5.41, 5.74) is 8.91. The van der Waals surface area contributed by atoms with Gasteiger partial charge in [-0.2, -0.15) is 0 Å². The summed E-state index contributed by atoms with van der Waals surface area (Å²) in [5.74, 6) is 1.47. The largest absolute Gasteiger partial charge is 0.455 e. The summed E-state index contributed by atoms with van der Waals surface area (Å²) in [7, 11) is 0. The number of fused-ring (bicyclic) bond motifs is 1. The van der Waals surface area contributed by atoms with Crippen LogP contribution in [0.3, 0.4) is 0 Å². The molecular weight excluding hydrogens is 248 g/mol. The number of pyridine rings is 1. The van der Waals surface area contributed by atoms with E-state index < -0.39 is 0 Å². The Morgan fingerprint density at radius 1 is 1.10 bits per heavy atom. The van der Waals surface area contributed by atoms with E-state index in [0.717, 1.165) is 23.1 Å². The second-order valence-corrected chi connectivity index (χ2v) is 4.65. The van der Waals surface area contributed by atoms with Gasteiger partial charge in [0.25, 0.3) is 0 Å². The fourth-order valence-electron chi connectivity index (χ4n) is 2.20. The van der Waals surface area contributed by atoms with Crippen molar-refractivity contribution in [2.45, 2.75) is 13.3 Å². The molecule has 2 N–H and O–H groups in total. The molecule has 0 atom stereocenters. The SMILES string of the molecule is CCc1cccc(Oc2ccc3ncccc3c2N)c1. The average Bonchev–Trinajstić information content (AvgIpc) is 2.50. The maximum Gasteiger partial charge on any atom is 0.151 e. The van der Waals surface area contributed by atoms with E-state index >= 15 is 0 Å². The van der Waals surface area contributed by atoms with Gasteiger partial charge in [-0.1, -0.05) is 19.1 Å². The zero-order chi connectivity index (χ0) is 13.9. The highest BCUT2D eigenvalue weighted by Gasteiger charge is 2.07. The van der Waals surface area contributed by atoms with Crippen molar-refractivity contribution in [3.05, 3.63) is 60.3 Å².